The van der Waals surface area contributed by atoms with Gasteiger partial charge in [0.05, 0.1) is 19.9 Å². The van der Waals surface area contributed by atoms with Crippen LogP contribution in [0.2, 0.25) is 0 Å². The summed E-state index contributed by atoms with van der Waals surface area (Å²) in [6.07, 6.45) is 3.14. The number of benzene rings is 1. The normalized spacial score (nSPS) is 10.2. The third-order valence-corrected chi connectivity index (χ3v) is 3.35. The van der Waals surface area contributed by atoms with Gasteiger partial charge in [-0.1, -0.05) is 25.5 Å². The number of nitrogens with zero attached hydrogens (tertiary/aromatic N) is 2. The van der Waals surface area contributed by atoms with Crippen molar-refractivity contribution in [2.75, 3.05) is 19.0 Å². The number of aromatic carboxylic acids is 1. The highest BCUT2D eigenvalue weighted by atomic mass is 16.5. The predicted molar refractivity (Wildman–Crippen MR) is 89.7 cm³/mol. The molecule has 1 aromatic carbocycles. The van der Waals surface area contributed by atoms with Crippen LogP contribution in [0.15, 0.2) is 30.5 Å². The van der Waals surface area contributed by atoms with Crippen LogP contribution in [0.4, 0.5) is 5.82 Å². The van der Waals surface area contributed by atoms with Crippen LogP contribution in [0.25, 0.3) is 0 Å². The van der Waals surface area contributed by atoms with Crippen molar-refractivity contribution in [3.05, 3.63) is 41.6 Å². The number of aromatic nitrogens is 2. The molecule has 0 aliphatic rings. The molecule has 7 heteroatoms. The average molecular weight is 331 g/mol. The van der Waals surface area contributed by atoms with Gasteiger partial charge in [-0.05, 0) is 24.1 Å². The van der Waals surface area contributed by atoms with E-state index in [1.54, 1.807) is 7.11 Å². The van der Waals surface area contributed by atoms with Crippen LogP contribution in [0.5, 0.6) is 11.8 Å². The molecule has 0 saturated carbocycles. The molecule has 0 aliphatic heterocycles. The fraction of sp³-hybridized carbons (Fsp3) is 0.353. The topological polar surface area (TPSA) is 93.6 Å². The molecule has 2 N–H and O–H groups in total. The van der Waals surface area contributed by atoms with Gasteiger partial charge in [0.15, 0.2) is 0 Å². The standard InChI is InChI=1S/C17H21N3O4/c1-3-4-9-24-17-19-11-14(16(21)22)15(20-17)18-10-12-5-7-13(23-2)8-6-12/h5-8,11H,3-4,9-10H2,1-2H3,(H,21,22)(H,18,19,20). The number of unbranched alkanes of at least 4 members (excludes halogenated alkanes) is 1. The zero-order valence-electron chi connectivity index (χ0n) is 13.8. The number of ether oxygens (including phenoxy) is 2. The molecule has 1 heterocycles. The lowest BCUT2D eigenvalue weighted by molar-refractivity contribution is 0.0697. The van der Waals surface area contributed by atoms with Gasteiger partial charge in [-0.25, -0.2) is 9.78 Å². The molecular weight excluding hydrogens is 310 g/mol. The molecule has 0 bridgehead atoms. The van der Waals surface area contributed by atoms with E-state index in [4.69, 9.17) is 9.47 Å². The molecule has 2 aromatic rings. The lowest BCUT2D eigenvalue weighted by Gasteiger charge is -2.11. The van der Waals surface area contributed by atoms with E-state index in [1.165, 1.54) is 6.20 Å². The Morgan fingerprint density at radius 2 is 2.04 bits per heavy atom. The van der Waals surface area contributed by atoms with E-state index in [9.17, 15) is 9.90 Å². The molecule has 0 spiro atoms. The summed E-state index contributed by atoms with van der Waals surface area (Å²) in [7, 11) is 1.60. The number of hydrogen-bond acceptors (Lipinski definition) is 6. The van der Waals surface area contributed by atoms with Crippen molar-refractivity contribution in [1.82, 2.24) is 9.97 Å². The first-order valence-electron chi connectivity index (χ1n) is 7.74. The molecule has 0 unspecified atom stereocenters. The Morgan fingerprint density at radius 1 is 1.29 bits per heavy atom. The van der Waals surface area contributed by atoms with Gasteiger partial charge >= 0.3 is 12.0 Å². The highest BCUT2D eigenvalue weighted by molar-refractivity contribution is 5.92. The van der Waals surface area contributed by atoms with E-state index >= 15 is 0 Å². The Labute approximate surface area is 140 Å². The molecule has 2 rings (SSSR count). The molecule has 0 fully saturated rings. The van der Waals surface area contributed by atoms with Crippen molar-refractivity contribution >= 4 is 11.8 Å². The zero-order chi connectivity index (χ0) is 17.4. The largest absolute Gasteiger partial charge is 0.497 e. The lowest BCUT2D eigenvalue weighted by Crippen LogP contribution is -2.11. The van der Waals surface area contributed by atoms with Gasteiger partial charge in [0.2, 0.25) is 0 Å². The number of methoxy groups -OCH3 is 1. The zero-order valence-corrected chi connectivity index (χ0v) is 13.8. The van der Waals surface area contributed by atoms with Crippen molar-refractivity contribution < 1.29 is 19.4 Å². The summed E-state index contributed by atoms with van der Waals surface area (Å²) < 4.78 is 10.5. The van der Waals surface area contributed by atoms with Gasteiger partial charge in [0, 0.05) is 6.54 Å². The SMILES string of the molecule is CCCCOc1ncc(C(=O)O)c(NCc2ccc(OC)cc2)n1. The van der Waals surface area contributed by atoms with Crippen molar-refractivity contribution in [3.8, 4) is 11.8 Å². The maximum absolute atomic E-state index is 11.3. The molecule has 24 heavy (non-hydrogen) atoms. The monoisotopic (exact) mass is 331 g/mol. The summed E-state index contributed by atoms with van der Waals surface area (Å²) in [4.78, 5) is 19.4. The van der Waals surface area contributed by atoms with Crippen molar-refractivity contribution in [2.24, 2.45) is 0 Å². The van der Waals surface area contributed by atoms with Gasteiger partial charge in [0.1, 0.15) is 17.1 Å². The highest BCUT2D eigenvalue weighted by Crippen LogP contribution is 2.18. The van der Waals surface area contributed by atoms with Crippen LogP contribution >= 0.6 is 0 Å². The van der Waals surface area contributed by atoms with Crippen LogP contribution < -0.4 is 14.8 Å². The smallest absolute Gasteiger partial charge is 0.341 e. The first-order chi connectivity index (χ1) is 11.6. The summed E-state index contributed by atoms with van der Waals surface area (Å²) >= 11 is 0. The summed E-state index contributed by atoms with van der Waals surface area (Å²) in [6.45, 7) is 2.98. The number of nitrogens with one attached hydrogen (secondary N) is 1. The van der Waals surface area contributed by atoms with Crippen LogP contribution in [-0.4, -0.2) is 34.8 Å². The number of carboxylic acids is 1. The molecule has 128 valence electrons. The number of carbonyl (C=O) groups is 1. The van der Waals surface area contributed by atoms with E-state index in [0.29, 0.717) is 13.2 Å². The molecular formula is C17H21N3O4. The van der Waals surface area contributed by atoms with Crippen LogP contribution in [-0.2, 0) is 6.54 Å². The maximum Gasteiger partial charge on any atom is 0.341 e. The average Bonchev–Trinajstić information content (AvgIpc) is 2.60. The lowest BCUT2D eigenvalue weighted by atomic mass is 10.2. The minimum absolute atomic E-state index is 0.00588. The first kappa shape index (κ1) is 17.5. The Hall–Kier alpha value is -2.83. The van der Waals surface area contributed by atoms with E-state index in [2.05, 4.69) is 22.2 Å². The summed E-state index contributed by atoms with van der Waals surface area (Å²) in [5.74, 6) is -0.0919. The van der Waals surface area contributed by atoms with Gasteiger partial charge in [-0.15, -0.1) is 0 Å². The minimum atomic E-state index is -1.09. The first-order valence-corrected chi connectivity index (χ1v) is 7.74. The Morgan fingerprint density at radius 3 is 2.67 bits per heavy atom. The minimum Gasteiger partial charge on any atom is -0.497 e. The Kier molecular flexibility index (Phi) is 6.36. The van der Waals surface area contributed by atoms with E-state index < -0.39 is 5.97 Å². The second-order valence-corrected chi connectivity index (χ2v) is 5.12. The van der Waals surface area contributed by atoms with Crippen molar-refractivity contribution in [2.45, 2.75) is 26.3 Å². The molecule has 0 amide bonds. The van der Waals surface area contributed by atoms with E-state index in [-0.39, 0.29) is 17.4 Å². The molecule has 0 saturated heterocycles. The van der Waals surface area contributed by atoms with Gasteiger partial charge < -0.3 is 19.9 Å². The van der Waals surface area contributed by atoms with E-state index in [0.717, 1.165) is 24.2 Å². The summed E-state index contributed by atoms with van der Waals surface area (Å²) in [6, 6.07) is 7.65. The summed E-state index contributed by atoms with van der Waals surface area (Å²) in [5, 5.41) is 12.3. The van der Waals surface area contributed by atoms with Crippen molar-refractivity contribution in [1.29, 1.82) is 0 Å². The molecule has 0 radical (unpaired) electrons. The fourth-order valence-electron chi connectivity index (χ4n) is 1.96. The summed E-state index contributed by atoms with van der Waals surface area (Å²) in [5.41, 5.74) is 0.977. The van der Waals surface area contributed by atoms with Crippen LogP contribution in [0.1, 0.15) is 35.7 Å². The van der Waals surface area contributed by atoms with Gasteiger partial charge in [0.25, 0.3) is 0 Å². The third kappa shape index (κ3) is 4.84. The van der Waals surface area contributed by atoms with Gasteiger partial charge in [-0.3, -0.25) is 0 Å². The number of anilines is 1. The molecule has 1 aromatic heterocycles. The van der Waals surface area contributed by atoms with Gasteiger partial charge in [-0.2, -0.15) is 4.98 Å². The molecule has 7 nitrogen and oxygen atoms in total. The second-order valence-electron chi connectivity index (χ2n) is 5.12. The van der Waals surface area contributed by atoms with Crippen molar-refractivity contribution in [3.63, 3.8) is 0 Å². The molecule has 0 aliphatic carbocycles. The Balaban J connectivity index is 2.09. The maximum atomic E-state index is 11.3. The molecule has 0 atom stereocenters. The van der Waals surface area contributed by atoms with Crippen LogP contribution in [0.3, 0.4) is 0 Å². The third-order valence-electron chi connectivity index (χ3n) is 3.35. The fourth-order valence-corrected chi connectivity index (χ4v) is 1.96. The van der Waals surface area contributed by atoms with E-state index in [1.807, 2.05) is 24.3 Å². The number of rotatable bonds is 9. The number of carboxylic acid groups (broad SMARTS) is 1. The quantitative estimate of drug-likeness (QED) is 0.682. The second kappa shape index (κ2) is 8.71. The highest BCUT2D eigenvalue weighted by Gasteiger charge is 2.14. The number of hydrogen-bond donors (Lipinski definition) is 2. The predicted octanol–water partition coefficient (Wildman–Crippen LogP) is 2.97. The Bertz CT molecular complexity index is 674. The van der Waals surface area contributed by atoms with Crippen LogP contribution in [0, 0.1) is 0 Å².